The first-order valence-corrected chi connectivity index (χ1v) is 7.77. The SMILES string of the molecule is CCN[C@H](C)CNC(=O)c1cccc(NC(=O)NC2CC2)c1.Cl. The maximum Gasteiger partial charge on any atom is 0.319 e. The molecule has 1 aromatic rings. The number of hydrogen-bond acceptors (Lipinski definition) is 3. The quantitative estimate of drug-likeness (QED) is 0.613. The van der Waals surface area contributed by atoms with Crippen molar-refractivity contribution < 1.29 is 9.59 Å². The Labute approximate surface area is 143 Å². The second-order valence-electron chi connectivity index (χ2n) is 5.62. The highest BCUT2D eigenvalue weighted by Crippen LogP contribution is 2.19. The molecule has 0 bridgehead atoms. The van der Waals surface area contributed by atoms with E-state index < -0.39 is 0 Å². The van der Waals surface area contributed by atoms with Crippen molar-refractivity contribution in [3.8, 4) is 0 Å². The Morgan fingerprint density at radius 1 is 1.30 bits per heavy atom. The van der Waals surface area contributed by atoms with Gasteiger partial charge in [0.1, 0.15) is 0 Å². The summed E-state index contributed by atoms with van der Waals surface area (Å²) in [5.41, 5.74) is 1.15. The Morgan fingerprint density at radius 2 is 2.04 bits per heavy atom. The third-order valence-electron chi connectivity index (χ3n) is 3.42. The molecule has 0 heterocycles. The fourth-order valence-corrected chi connectivity index (χ4v) is 2.09. The van der Waals surface area contributed by atoms with Crippen LogP contribution in [0.2, 0.25) is 0 Å². The highest BCUT2D eigenvalue weighted by Gasteiger charge is 2.23. The van der Waals surface area contributed by atoms with Gasteiger partial charge < -0.3 is 21.3 Å². The maximum absolute atomic E-state index is 12.1. The highest BCUT2D eigenvalue weighted by molar-refractivity contribution is 5.96. The second-order valence-corrected chi connectivity index (χ2v) is 5.62. The van der Waals surface area contributed by atoms with E-state index in [-0.39, 0.29) is 30.4 Å². The number of anilines is 1. The van der Waals surface area contributed by atoms with Gasteiger partial charge in [-0.25, -0.2) is 4.79 Å². The Bertz CT molecular complexity index is 535. The summed E-state index contributed by atoms with van der Waals surface area (Å²) < 4.78 is 0. The predicted molar refractivity (Wildman–Crippen MR) is 94.3 cm³/mol. The Hall–Kier alpha value is -1.79. The van der Waals surface area contributed by atoms with Crippen LogP contribution < -0.4 is 21.3 Å². The maximum atomic E-state index is 12.1. The van der Waals surface area contributed by atoms with Gasteiger partial charge in [-0.05, 0) is 44.5 Å². The van der Waals surface area contributed by atoms with Gasteiger partial charge in [0.25, 0.3) is 5.91 Å². The van der Waals surface area contributed by atoms with Crippen molar-refractivity contribution in [2.45, 2.75) is 38.8 Å². The summed E-state index contributed by atoms with van der Waals surface area (Å²) in [5, 5.41) is 11.7. The summed E-state index contributed by atoms with van der Waals surface area (Å²) in [7, 11) is 0. The van der Waals surface area contributed by atoms with Crippen LogP contribution in [-0.4, -0.2) is 37.1 Å². The van der Waals surface area contributed by atoms with E-state index in [1.54, 1.807) is 24.3 Å². The van der Waals surface area contributed by atoms with Crippen molar-refractivity contribution >= 4 is 30.0 Å². The minimum Gasteiger partial charge on any atom is -0.350 e. The van der Waals surface area contributed by atoms with E-state index in [1.165, 1.54) is 0 Å². The monoisotopic (exact) mass is 340 g/mol. The number of carbonyl (C=O) groups is 2. The van der Waals surface area contributed by atoms with Gasteiger partial charge in [0, 0.05) is 29.9 Å². The third kappa shape index (κ3) is 6.88. The van der Waals surface area contributed by atoms with E-state index >= 15 is 0 Å². The molecule has 0 unspecified atom stereocenters. The average Bonchev–Trinajstić information content (AvgIpc) is 3.29. The van der Waals surface area contributed by atoms with Gasteiger partial charge in [0.15, 0.2) is 0 Å². The van der Waals surface area contributed by atoms with Crippen LogP contribution >= 0.6 is 12.4 Å². The van der Waals surface area contributed by atoms with Gasteiger partial charge in [0.05, 0.1) is 0 Å². The van der Waals surface area contributed by atoms with Crippen molar-refractivity contribution in [1.29, 1.82) is 0 Å². The molecule has 1 aromatic carbocycles. The van der Waals surface area contributed by atoms with Crippen LogP contribution in [0.25, 0.3) is 0 Å². The fourth-order valence-electron chi connectivity index (χ4n) is 2.09. The van der Waals surface area contributed by atoms with Crippen LogP contribution in [0, 0.1) is 0 Å². The van der Waals surface area contributed by atoms with Gasteiger partial charge in [0.2, 0.25) is 0 Å². The number of carbonyl (C=O) groups excluding carboxylic acids is 2. The van der Waals surface area contributed by atoms with Crippen LogP contribution in [0.3, 0.4) is 0 Å². The van der Waals surface area contributed by atoms with Crippen LogP contribution in [0.15, 0.2) is 24.3 Å². The van der Waals surface area contributed by atoms with E-state index in [0.717, 1.165) is 19.4 Å². The Kier molecular flexibility index (Phi) is 7.85. The zero-order chi connectivity index (χ0) is 15.9. The molecule has 6 nitrogen and oxygen atoms in total. The van der Waals surface area contributed by atoms with Crippen LogP contribution in [0.1, 0.15) is 37.0 Å². The second kappa shape index (κ2) is 9.37. The zero-order valence-electron chi connectivity index (χ0n) is 13.5. The normalized spacial score (nSPS) is 14.3. The van der Waals surface area contributed by atoms with Crippen LogP contribution in [-0.2, 0) is 0 Å². The van der Waals surface area contributed by atoms with Gasteiger partial charge in [-0.15, -0.1) is 12.4 Å². The zero-order valence-corrected chi connectivity index (χ0v) is 14.3. The summed E-state index contributed by atoms with van der Waals surface area (Å²) in [4.78, 5) is 23.8. The minimum absolute atomic E-state index is 0. The van der Waals surface area contributed by atoms with E-state index in [9.17, 15) is 9.59 Å². The number of urea groups is 1. The molecule has 0 saturated heterocycles. The van der Waals surface area contributed by atoms with Gasteiger partial charge in [-0.3, -0.25) is 4.79 Å². The molecule has 1 atom stereocenters. The molecule has 4 N–H and O–H groups in total. The number of nitrogens with one attached hydrogen (secondary N) is 4. The number of rotatable bonds is 7. The summed E-state index contributed by atoms with van der Waals surface area (Å²) in [5.74, 6) is -0.143. The lowest BCUT2D eigenvalue weighted by Crippen LogP contribution is -2.38. The smallest absolute Gasteiger partial charge is 0.319 e. The number of benzene rings is 1. The van der Waals surface area contributed by atoms with Crippen molar-refractivity contribution in [3.63, 3.8) is 0 Å². The first kappa shape index (κ1) is 19.3. The molecule has 3 amide bonds. The Balaban J connectivity index is 0.00000264. The lowest BCUT2D eigenvalue weighted by atomic mass is 10.2. The molecule has 0 aromatic heterocycles. The number of amides is 3. The van der Waals surface area contributed by atoms with Crippen molar-refractivity contribution in [3.05, 3.63) is 29.8 Å². The number of likely N-dealkylation sites (N-methyl/N-ethyl adjacent to an activating group) is 1. The van der Waals surface area contributed by atoms with E-state index in [0.29, 0.717) is 23.8 Å². The summed E-state index contributed by atoms with van der Waals surface area (Å²) in [6.07, 6.45) is 2.08. The van der Waals surface area contributed by atoms with E-state index in [2.05, 4.69) is 21.3 Å². The summed E-state index contributed by atoms with van der Waals surface area (Å²) >= 11 is 0. The molecule has 0 radical (unpaired) electrons. The molecular formula is C16H25ClN4O2. The average molecular weight is 341 g/mol. The fraction of sp³-hybridized carbons (Fsp3) is 0.500. The molecule has 1 aliphatic carbocycles. The van der Waals surface area contributed by atoms with Gasteiger partial charge >= 0.3 is 6.03 Å². The molecule has 0 aliphatic heterocycles. The van der Waals surface area contributed by atoms with Gasteiger partial charge in [-0.2, -0.15) is 0 Å². The van der Waals surface area contributed by atoms with Crippen molar-refractivity contribution in [2.24, 2.45) is 0 Å². The molecule has 128 valence electrons. The molecular weight excluding hydrogens is 316 g/mol. The first-order chi connectivity index (χ1) is 10.6. The molecule has 1 aliphatic rings. The molecule has 7 heteroatoms. The Morgan fingerprint density at radius 3 is 2.70 bits per heavy atom. The summed E-state index contributed by atoms with van der Waals surface area (Å²) in [6.45, 7) is 5.48. The summed E-state index contributed by atoms with van der Waals surface area (Å²) in [6, 6.07) is 7.25. The molecule has 0 spiro atoms. The molecule has 2 rings (SSSR count). The lowest BCUT2D eigenvalue weighted by molar-refractivity contribution is 0.0950. The van der Waals surface area contributed by atoms with Crippen LogP contribution in [0.4, 0.5) is 10.5 Å². The van der Waals surface area contributed by atoms with E-state index in [1.807, 2.05) is 13.8 Å². The van der Waals surface area contributed by atoms with Crippen LogP contribution in [0.5, 0.6) is 0 Å². The number of hydrogen-bond donors (Lipinski definition) is 4. The largest absolute Gasteiger partial charge is 0.350 e. The molecule has 1 saturated carbocycles. The lowest BCUT2D eigenvalue weighted by Gasteiger charge is -2.13. The number of halogens is 1. The molecule has 23 heavy (non-hydrogen) atoms. The minimum atomic E-state index is -0.221. The van der Waals surface area contributed by atoms with Gasteiger partial charge in [-0.1, -0.05) is 13.0 Å². The first-order valence-electron chi connectivity index (χ1n) is 7.77. The topological polar surface area (TPSA) is 82.3 Å². The standard InChI is InChI=1S/C16H24N4O2.ClH/c1-3-17-11(2)10-18-15(21)12-5-4-6-14(9-12)20-16(22)19-13-7-8-13;/h4-6,9,11,13,17H,3,7-8,10H2,1-2H3,(H,18,21)(H2,19,20,22);1H/t11-;/m1./s1. The van der Waals surface area contributed by atoms with E-state index in [4.69, 9.17) is 0 Å². The van der Waals surface area contributed by atoms with Crippen molar-refractivity contribution in [1.82, 2.24) is 16.0 Å². The van der Waals surface area contributed by atoms with Crippen molar-refractivity contribution in [2.75, 3.05) is 18.4 Å². The highest BCUT2D eigenvalue weighted by atomic mass is 35.5. The third-order valence-corrected chi connectivity index (χ3v) is 3.42. The predicted octanol–water partition coefficient (Wildman–Crippen LogP) is 2.12. The molecule has 1 fully saturated rings.